The molecule has 0 bridgehead atoms. The average molecular weight is 547 g/mol. The van der Waals surface area contributed by atoms with E-state index in [9.17, 15) is 4.79 Å². The number of rotatable bonds is 10. The molecule has 1 unspecified atom stereocenters. The first-order chi connectivity index (χ1) is 16.9. The van der Waals surface area contributed by atoms with Gasteiger partial charge in [0.2, 0.25) is 0 Å². The summed E-state index contributed by atoms with van der Waals surface area (Å²) in [6.45, 7) is 27.2. The zero-order valence-corrected chi connectivity index (χ0v) is 27.4. The Morgan fingerprint density at radius 1 is 0.973 bits per heavy atom. The Hall–Kier alpha value is -1.63. The van der Waals surface area contributed by atoms with Crippen LogP contribution in [0.4, 0.5) is 0 Å². The molecule has 0 N–H and O–H groups in total. The van der Waals surface area contributed by atoms with Crippen LogP contribution in [0.1, 0.15) is 99.5 Å². The molecule has 37 heavy (non-hydrogen) atoms. The van der Waals surface area contributed by atoms with Crippen molar-refractivity contribution in [2.45, 2.75) is 112 Å². The molecule has 0 radical (unpaired) electrons. The largest absolute Gasteiger partial charge is 0.491 e. The fraction of sp³-hybridized carbons (Fsp3) is 0.645. The van der Waals surface area contributed by atoms with Crippen molar-refractivity contribution in [3.05, 3.63) is 50.7 Å². The number of benzene rings is 1. The summed E-state index contributed by atoms with van der Waals surface area (Å²) in [6, 6.07) is 8.73. The zero-order chi connectivity index (χ0) is 28.4. The first-order valence-corrected chi connectivity index (χ1v) is 17.3. The smallest absolute Gasteiger partial charge is 0.348 e. The Bertz CT molecular complexity index is 1070. The summed E-state index contributed by atoms with van der Waals surface area (Å²) in [5.74, 6) is 0.638. The minimum absolute atomic E-state index is 0.00341. The van der Waals surface area contributed by atoms with E-state index >= 15 is 0 Å². The second kappa shape index (κ2) is 11.6. The fourth-order valence-electron chi connectivity index (χ4n) is 4.43. The molecule has 0 fully saturated rings. The van der Waals surface area contributed by atoms with Gasteiger partial charge >= 0.3 is 5.97 Å². The van der Waals surface area contributed by atoms with Crippen molar-refractivity contribution in [2.24, 2.45) is 5.41 Å². The highest BCUT2D eigenvalue weighted by molar-refractivity contribution is 7.14. The molecule has 0 saturated heterocycles. The van der Waals surface area contributed by atoms with E-state index in [-0.39, 0.29) is 27.9 Å². The van der Waals surface area contributed by atoms with Crippen molar-refractivity contribution in [3.8, 4) is 5.75 Å². The molecule has 1 heterocycles. The number of aryl methyl sites for hydroxylation is 2. The summed E-state index contributed by atoms with van der Waals surface area (Å²) >= 11 is 1.56. The Balaban J connectivity index is 2.36. The zero-order valence-electron chi connectivity index (χ0n) is 25.5. The van der Waals surface area contributed by atoms with Gasteiger partial charge in [0.15, 0.2) is 8.32 Å². The van der Waals surface area contributed by atoms with Crippen LogP contribution in [0.5, 0.6) is 5.75 Å². The molecular formula is C31H50O4SSi. The molecule has 1 aromatic carbocycles. The highest BCUT2D eigenvalue weighted by Crippen LogP contribution is 2.45. The van der Waals surface area contributed by atoms with Crippen molar-refractivity contribution in [3.63, 3.8) is 0 Å². The molecule has 2 rings (SSSR count). The second-order valence-electron chi connectivity index (χ2n) is 12.9. The molecule has 1 aromatic heterocycles. The van der Waals surface area contributed by atoms with E-state index in [2.05, 4.69) is 99.7 Å². The molecule has 0 saturated carbocycles. The molecule has 0 aliphatic heterocycles. The lowest BCUT2D eigenvalue weighted by molar-refractivity contribution is 0.0310. The molecule has 1 atom stereocenters. The molecule has 4 nitrogen and oxygen atoms in total. The topological polar surface area (TPSA) is 44.8 Å². The molecule has 6 heteroatoms. The van der Waals surface area contributed by atoms with E-state index in [0.717, 1.165) is 29.7 Å². The van der Waals surface area contributed by atoms with Crippen LogP contribution in [0, 0.1) is 19.3 Å². The van der Waals surface area contributed by atoms with E-state index in [1.54, 1.807) is 11.3 Å². The fourth-order valence-corrected chi connectivity index (χ4v) is 7.36. The summed E-state index contributed by atoms with van der Waals surface area (Å²) in [6.07, 6.45) is 1.88. The molecule has 2 aromatic rings. The van der Waals surface area contributed by atoms with Crippen molar-refractivity contribution in [2.75, 3.05) is 13.7 Å². The van der Waals surface area contributed by atoms with Gasteiger partial charge in [-0.2, -0.15) is 0 Å². The first-order valence-electron chi connectivity index (χ1n) is 13.5. The normalized spacial score (nSPS) is 14.0. The van der Waals surface area contributed by atoms with Crippen LogP contribution < -0.4 is 4.74 Å². The van der Waals surface area contributed by atoms with Crippen molar-refractivity contribution >= 4 is 25.6 Å². The van der Waals surface area contributed by atoms with Crippen LogP contribution in [-0.2, 0) is 14.6 Å². The van der Waals surface area contributed by atoms with Crippen LogP contribution in [0.25, 0.3) is 0 Å². The van der Waals surface area contributed by atoms with Crippen molar-refractivity contribution < 1.29 is 18.7 Å². The molecule has 0 amide bonds. The Morgan fingerprint density at radius 3 is 2.03 bits per heavy atom. The SMILES string of the molecule is CCC(CC)(c1ccc(OCC(O[Si](C)(C)C(C)(C)C)C(C)(C)C)c(C)c1)c1cc(C)c(C(=O)OC)s1. The van der Waals surface area contributed by atoms with Gasteiger partial charge in [0.1, 0.15) is 17.2 Å². The van der Waals surface area contributed by atoms with Crippen molar-refractivity contribution in [1.29, 1.82) is 0 Å². The van der Waals surface area contributed by atoms with E-state index in [1.807, 2.05) is 6.92 Å². The maximum absolute atomic E-state index is 12.3. The molecule has 0 spiro atoms. The Morgan fingerprint density at radius 2 is 1.57 bits per heavy atom. The van der Waals surface area contributed by atoms with E-state index in [4.69, 9.17) is 13.9 Å². The van der Waals surface area contributed by atoms with Crippen LogP contribution in [0.3, 0.4) is 0 Å². The summed E-state index contributed by atoms with van der Waals surface area (Å²) < 4.78 is 18.3. The number of ether oxygens (including phenoxy) is 2. The second-order valence-corrected chi connectivity index (χ2v) is 18.7. The highest BCUT2D eigenvalue weighted by atomic mass is 32.1. The molecule has 0 aliphatic rings. The monoisotopic (exact) mass is 546 g/mol. The van der Waals surface area contributed by atoms with Gasteiger partial charge < -0.3 is 13.9 Å². The van der Waals surface area contributed by atoms with Gasteiger partial charge in [-0.25, -0.2) is 4.79 Å². The van der Waals surface area contributed by atoms with Gasteiger partial charge in [-0.15, -0.1) is 11.3 Å². The summed E-state index contributed by atoms with van der Waals surface area (Å²) in [7, 11) is -0.494. The van der Waals surface area contributed by atoms with E-state index in [1.165, 1.54) is 17.6 Å². The number of hydrogen-bond donors (Lipinski definition) is 0. The van der Waals surface area contributed by atoms with Crippen LogP contribution in [-0.4, -0.2) is 34.1 Å². The third-order valence-electron chi connectivity index (χ3n) is 8.29. The van der Waals surface area contributed by atoms with Crippen LogP contribution in [0.2, 0.25) is 18.1 Å². The number of hydrogen-bond acceptors (Lipinski definition) is 5. The van der Waals surface area contributed by atoms with Crippen LogP contribution >= 0.6 is 11.3 Å². The van der Waals surface area contributed by atoms with Gasteiger partial charge in [-0.1, -0.05) is 67.5 Å². The predicted molar refractivity (Wildman–Crippen MR) is 160 cm³/mol. The van der Waals surface area contributed by atoms with E-state index < -0.39 is 8.32 Å². The van der Waals surface area contributed by atoms with Gasteiger partial charge in [-0.05, 0) is 79.1 Å². The third-order valence-corrected chi connectivity index (χ3v) is 14.2. The number of carbonyl (C=O) groups is 1. The van der Waals surface area contributed by atoms with Gasteiger partial charge in [0, 0.05) is 10.3 Å². The lowest BCUT2D eigenvalue weighted by atomic mass is 9.74. The molecule has 0 aliphatic carbocycles. The van der Waals surface area contributed by atoms with E-state index in [0.29, 0.717) is 11.5 Å². The summed E-state index contributed by atoms with van der Waals surface area (Å²) in [5.41, 5.74) is 3.15. The maximum atomic E-state index is 12.3. The predicted octanol–water partition coefficient (Wildman–Crippen LogP) is 9.07. The minimum atomic E-state index is -1.94. The maximum Gasteiger partial charge on any atom is 0.348 e. The number of thiophene rings is 1. The quantitative estimate of drug-likeness (QED) is 0.220. The van der Waals surface area contributed by atoms with Crippen LogP contribution in [0.15, 0.2) is 24.3 Å². The molecular weight excluding hydrogens is 496 g/mol. The lowest BCUT2D eigenvalue weighted by Gasteiger charge is -2.43. The average Bonchev–Trinajstić information content (AvgIpc) is 3.18. The van der Waals surface area contributed by atoms with Crippen molar-refractivity contribution in [1.82, 2.24) is 0 Å². The molecule has 208 valence electrons. The first kappa shape index (κ1) is 31.6. The number of methoxy groups -OCH3 is 1. The summed E-state index contributed by atoms with van der Waals surface area (Å²) in [5, 5.41) is 0.144. The van der Waals surface area contributed by atoms with Gasteiger partial charge in [-0.3, -0.25) is 0 Å². The third kappa shape index (κ3) is 6.87. The lowest BCUT2D eigenvalue weighted by Crippen LogP contribution is -2.49. The Kier molecular flexibility index (Phi) is 9.92. The standard InChI is InChI=1S/C31H50O4SSi/c1-14-31(15-2,26-19-22(4)27(36-26)28(32)33-11)23-16-17-24(21(3)18-23)34-20-25(29(5,6)7)35-37(12,13)30(8,9)10/h16-19,25H,14-15,20H2,1-13H3. The van der Waals surface area contributed by atoms with Gasteiger partial charge in [0.05, 0.1) is 13.2 Å². The van der Waals surface area contributed by atoms with Gasteiger partial charge in [0.25, 0.3) is 0 Å². The minimum Gasteiger partial charge on any atom is -0.491 e. The number of carbonyl (C=O) groups excluding carboxylic acids is 1. The highest BCUT2D eigenvalue weighted by Gasteiger charge is 2.42. The summed E-state index contributed by atoms with van der Waals surface area (Å²) in [4.78, 5) is 14.2. The Labute approximate surface area is 231 Å². The number of esters is 1.